The van der Waals surface area contributed by atoms with E-state index in [0.717, 1.165) is 33.2 Å². The summed E-state index contributed by atoms with van der Waals surface area (Å²) in [6.07, 6.45) is 1.67. The van der Waals surface area contributed by atoms with Crippen molar-refractivity contribution in [1.82, 2.24) is 19.7 Å². The van der Waals surface area contributed by atoms with Crippen molar-refractivity contribution in [3.8, 4) is 16.9 Å². The van der Waals surface area contributed by atoms with E-state index in [0.29, 0.717) is 30.2 Å². The molecule has 0 atom stereocenters. The maximum atomic E-state index is 12.4. The van der Waals surface area contributed by atoms with Gasteiger partial charge in [0.15, 0.2) is 0 Å². The molecule has 0 fully saturated rings. The molecule has 0 bridgehead atoms. The molecule has 0 spiro atoms. The topological polar surface area (TPSA) is 95.2 Å². The van der Waals surface area contributed by atoms with E-state index < -0.39 is 0 Å². The maximum absolute atomic E-state index is 12.4. The van der Waals surface area contributed by atoms with Crippen LogP contribution in [0.25, 0.3) is 33.1 Å². The molecule has 4 aromatic rings. The number of benzene rings is 1. The van der Waals surface area contributed by atoms with Crippen molar-refractivity contribution >= 4 is 21.9 Å². The molecule has 4 rings (SSSR count). The van der Waals surface area contributed by atoms with Gasteiger partial charge in [-0.05, 0) is 26.0 Å². The van der Waals surface area contributed by atoms with E-state index >= 15 is 0 Å². The molecule has 8 nitrogen and oxygen atoms in total. The number of hydrogen-bond donors (Lipinski definition) is 1. The average molecular weight is 368 g/mol. The molecule has 27 heavy (non-hydrogen) atoms. The van der Waals surface area contributed by atoms with Gasteiger partial charge in [0.1, 0.15) is 11.5 Å². The summed E-state index contributed by atoms with van der Waals surface area (Å²) in [6.45, 7) is 4.64. The predicted molar refractivity (Wildman–Crippen MR) is 101 cm³/mol. The molecule has 3 heterocycles. The third-order valence-electron chi connectivity index (χ3n) is 4.74. The van der Waals surface area contributed by atoms with Gasteiger partial charge >= 0.3 is 5.69 Å². The van der Waals surface area contributed by atoms with Crippen LogP contribution in [0.3, 0.4) is 0 Å². The first-order valence-electron chi connectivity index (χ1n) is 8.56. The second-order valence-corrected chi connectivity index (χ2v) is 6.36. The van der Waals surface area contributed by atoms with E-state index in [4.69, 9.17) is 14.0 Å². The van der Waals surface area contributed by atoms with Crippen LogP contribution in [0, 0.1) is 13.8 Å². The van der Waals surface area contributed by atoms with E-state index in [9.17, 15) is 4.79 Å². The van der Waals surface area contributed by atoms with Gasteiger partial charge in [0.25, 0.3) is 0 Å². The highest BCUT2D eigenvalue weighted by Gasteiger charge is 2.19. The van der Waals surface area contributed by atoms with Gasteiger partial charge in [0, 0.05) is 18.1 Å². The molecule has 0 radical (unpaired) electrons. The number of nitrogens with one attached hydrogen (secondary N) is 1. The summed E-state index contributed by atoms with van der Waals surface area (Å²) in [7, 11) is 3.23. The molecule has 8 heteroatoms. The number of aromatic nitrogens is 4. The van der Waals surface area contributed by atoms with Crippen molar-refractivity contribution in [3.63, 3.8) is 0 Å². The molecule has 1 N–H and O–H groups in total. The fourth-order valence-corrected chi connectivity index (χ4v) is 3.50. The van der Waals surface area contributed by atoms with Gasteiger partial charge in [-0.2, -0.15) is 0 Å². The van der Waals surface area contributed by atoms with Gasteiger partial charge in [-0.15, -0.1) is 0 Å². The highest BCUT2D eigenvalue weighted by atomic mass is 16.5. The van der Waals surface area contributed by atoms with Crippen LogP contribution in [-0.2, 0) is 11.3 Å². The molecule has 0 saturated carbocycles. The maximum Gasteiger partial charge on any atom is 0.326 e. The highest BCUT2D eigenvalue weighted by molar-refractivity contribution is 6.04. The number of nitrogens with zero attached hydrogens (tertiary/aromatic N) is 3. The zero-order valence-corrected chi connectivity index (χ0v) is 15.6. The zero-order valence-electron chi connectivity index (χ0n) is 15.6. The van der Waals surface area contributed by atoms with E-state index in [1.54, 1.807) is 25.0 Å². The van der Waals surface area contributed by atoms with Crippen LogP contribution in [0.2, 0.25) is 0 Å². The molecule has 0 saturated heterocycles. The largest absolute Gasteiger partial charge is 0.496 e. The first kappa shape index (κ1) is 17.3. The lowest BCUT2D eigenvalue weighted by atomic mass is 10.0. The summed E-state index contributed by atoms with van der Waals surface area (Å²) >= 11 is 0. The van der Waals surface area contributed by atoms with Crippen LogP contribution in [0.1, 0.15) is 11.5 Å². The monoisotopic (exact) mass is 368 g/mol. The van der Waals surface area contributed by atoms with Crippen LogP contribution in [0.4, 0.5) is 0 Å². The number of methoxy groups -OCH3 is 2. The van der Waals surface area contributed by atoms with Crippen molar-refractivity contribution in [3.05, 3.63) is 40.3 Å². The Hall–Kier alpha value is -3.13. The van der Waals surface area contributed by atoms with Gasteiger partial charge in [-0.25, -0.2) is 4.79 Å². The number of rotatable bonds is 5. The van der Waals surface area contributed by atoms with E-state index in [1.165, 1.54) is 0 Å². The fourth-order valence-electron chi connectivity index (χ4n) is 3.50. The number of aromatic amines is 1. The van der Waals surface area contributed by atoms with Gasteiger partial charge in [0.2, 0.25) is 0 Å². The number of hydrogen-bond acceptors (Lipinski definition) is 6. The molecule has 1 aromatic carbocycles. The lowest BCUT2D eigenvalue weighted by Gasteiger charge is -2.11. The molecule has 0 amide bonds. The fraction of sp³-hybridized carbons (Fsp3) is 0.316. The normalized spacial score (nSPS) is 11.6. The third-order valence-corrected chi connectivity index (χ3v) is 4.74. The molecule has 3 aromatic heterocycles. The number of pyridine rings is 1. The van der Waals surface area contributed by atoms with E-state index in [-0.39, 0.29) is 5.69 Å². The first-order valence-corrected chi connectivity index (χ1v) is 8.56. The number of imidazole rings is 1. The van der Waals surface area contributed by atoms with Crippen molar-refractivity contribution in [2.45, 2.75) is 20.4 Å². The van der Waals surface area contributed by atoms with Crippen LogP contribution in [0.15, 0.2) is 27.6 Å². The Balaban J connectivity index is 2.04. The summed E-state index contributed by atoms with van der Waals surface area (Å²) in [6, 6.07) is 3.85. The van der Waals surface area contributed by atoms with Crippen LogP contribution in [-0.4, -0.2) is 40.5 Å². The average Bonchev–Trinajstić information content (AvgIpc) is 3.17. The minimum atomic E-state index is -0.190. The lowest BCUT2D eigenvalue weighted by molar-refractivity contribution is 0.187. The number of H-pyrrole nitrogens is 1. The number of ether oxygens (including phenoxy) is 2. The van der Waals surface area contributed by atoms with Crippen molar-refractivity contribution in [2.24, 2.45) is 0 Å². The van der Waals surface area contributed by atoms with Crippen molar-refractivity contribution < 1.29 is 14.0 Å². The molecular formula is C19H20N4O4. The summed E-state index contributed by atoms with van der Waals surface area (Å²) in [5.41, 5.74) is 4.55. The number of aryl methyl sites for hydroxylation is 2. The minimum absolute atomic E-state index is 0.190. The molecule has 0 aliphatic heterocycles. The molecule has 0 aliphatic rings. The number of fused-ring (bicyclic) bond motifs is 3. The first-order chi connectivity index (χ1) is 13.0. The Kier molecular flexibility index (Phi) is 4.19. The van der Waals surface area contributed by atoms with Crippen molar-refractivity contribution in [2.75, 3.05) is 20.8 Å². The van der Waals surface area contributed by atoms with Gasteiger partial charge in [-0.3, -0.25) is 9.55 Å². The quantitative estimate of drug-likeness (QED) is 0.582. The Bertz CT molecular complexity index is 1180. The summed E-state index contributed by atoms with van der Waals surface area (Å²) < 4.78 is 17.8. The minimum Gasteiger partial charge on any atom is -0.496 e. The van der Waals surface area contributed by atoms with Gasteiger partial charge in [0.05, 0.1) is 54.3 Å². The van der Waals surface area contributed by atoms with Gasteiger partial charge in [-0.1, -0.05) is 5.16 Å². The van der Waals surface area contributed by atoms with Crippen LogP contribution >= 0.6 is 0 Å². The highest BCUT2D eigenvalue weighted by Crippen LogP contribution is 2.38. The second-order valence-electron chi connectivity index (χ2n) is 6.36. The predicted octanol–water partition coefficient (Wildman–Crippen LogP) is 2.80. The SMILES string of the molecule is COCCn1c(=O)[nH]c2cnc3cc(-c4c(C)noc4C)c(OC)cc3c21. The van der Waals surface area contributed by atoms with E-state index in [1.807, 2.05) is 26.0 Å². The summed E-state index contributed by atoms with van der Waals surface area (Å²) in [4.78, 5) is 19.7. The van der Waals surface area contributed by atoms with Crippen molar-refractivity contribution in [1.29, 1.82) is 0 Å². The van der Waals surface area contributed by atoms with Crippen LogP contribution < -0.4 is 10.4 Å². The molecule has 0 unspecified atom stereocenters. The van der Waals surface area contributed by atoms with E-state index in [2.05, 4.69) is 15.1 Å². The standard InChI is InChI=1S/C19H20N4O4/c1-10-17(11(2)27-22-10)13-7-14-12(8-16(13)26-4)18-15(9-20-14)21-19(24)23(18)5-6-25-3/h7-9H,5-6H2,1-4H3,(H,21,24). The Morgan fingerprint density at radius 1 is 1.26 bits per heavy atom. The summed E-state index contributed by atoms with van der Waals surface area (Å²) in [5.74, 6) is 1.38. The lowest BCUT2D eigenvalue weighted by Crippen LogP contribution is -2.19. The second kappa shape index (κ2) is 6.55. The third kappa shape index (κ3) is 2.69. The Morgan fingerprint density at radius 2 is 2.07 bits per heavy atom. The Labute approximate surface area is 154 Å². The molecule has 140 valence electrons. The molecule has 0 aliphatic carbocycles. The Morgan fingerprint density at radius 3 is 2.74 bits per heavy atom. The zero-order chi connectivity index (χ0) is 19.1. The molecular weight excluding hydrogens is 348 g/mol. The summed E-state index contributed by atoms with van der Waals surface area (Å²) in [5, 5.41) is 4.86. The van der Waals surface area contributed by atoms with Crippen LogP contribution in [0.5, 0.6) is 5.75 Å². The smallest absolute Gasteiger partial charge is 0.326 e. The van der Waals surface area contributed by atoms with Gasteiger partial charge < -0.3 is 19.0 Å².